The third-order valence-electron chi connectivity index (χ3n) is 11.4. The lowest BCUT2D eigenvalue weighted by Gasteiger charge is -2.64. The lowest BCUT2D eigenvalue weighted by Crippen LogP contribution is -2.56. The number of rotatable bonds is 5. The van der Waals surface area contributed by atoms with Crippen molar-refractivity contribution >= 4 is 0 Å². The highest BCUT2D eigenvalue weighted by molar-refractivity contribution is 5.08. The van der Waals surface area contributed by atoms with Crippen LogP contribution in [0, 0.1) is 58.2 Å². The van der Waals surface area contributed by atoms with Gasteiger partial charge in [-0.1, -0.05) is 73.6 Å². The van der Waals surface area contributed by atoms with E-state index in [4.69, 9.17) is 0 Å². The van der Waals surface area contributed by atoms with E-state index in [9.17, 15) is 0 Å². The fourth-order valence-corrected chi connectivity index (χ4v) is 9.70. The minimum absolute atomic E-state index is 0.655. The topological polar surface area (TPSA) is 0 Å². The van der Waals surface area contributed by atoms with Crippen molar-refractivity contribution in [1.82, 2.24) is 0 Å². The van der Waals surface area contributed by atoms with Gasteiger partial charge in [0.25, 0.3) is 0 Å². The van der Waals surface area contributed by atoms with Gasteiger partial charge < -0.3 is 0 Å². The monoisotopic (exact) mass is 400 g/mol. The van der Waals surface area contributed by atoms with E-state index < -0.39 is 0 Å². The van der Waals surface area contributed by atoms with Crippen LogP contribution in [-0.4, -0.2) is 0 Å². The molecule has 5 unspecified atom stereocenters. The van der Waals surface area contributed by atoms with Crippen molar-refractivity contribution in [2.45, 2.75) is 125 Å². The molecule has 9 atom stereocenters. The zero-order valence-electron chi connectivity index (χ0n) is 20.8. The molecule has 0 heteroatoms. The Morgan fingerprint density at radius 3 is 2.28 bits per heavy atom. The molecule has 168 valence electrons. The van der Waals surface area contributed by atoms with E-state index in [0.717, 1.165) is 47.3 Å². The van der Waals surface area contributed by atoms with E-state index in [2.05, 4.69) is 41.5 Å². The fraction of sp³-hybridized carbons (Fsp3) is 1.00. The summed E-state index contributed by atoms with van der Waals surface area (Å²) >= 11 is 0. The highest BCUT2D eigenvalue weighted by Gasteiger charge is 2.59. The van der Waals surface area contributed by atoms with Crippen molar-refractivity contribution in [3.63, 3.8) is 0 Å². The molecule has 0 nitrogen and oxygen atoms in total. The first kappa shape index (κ1) is 22.2. The van der Waals surface area contributed by atoms with Crippen LogP contribution in [0.4, 0.5) is 0 Å². The third-order valence-corrected chi connectivity index (χ3v) is 11.4. The summed E-state index contributed by atoms with van der Waals surface area (Å²) in [5.74, 6) is 8.03. The molecule has 4 saturated carbocycles. The summed E-state index contributed by atoms with van der Waals surface area (Å²) < 4.78 is 0. The molecule has 0 aromatic rings. The number of hydrogen-bond acceptors (Lipinski definition) is 0. The first-order valence-electron chi connectivity index (χ1n) is 13.8. The lowest BCUT2D eigenvalue weighted by molar-refractivity contribution is -0.151. The van der Waals surface area contributed by atoms with E-state index in [0.29, 0.717) is 10.8 Å². The molecular weight excluding hydrogens is 348 g/mol. The molecule has 0 aliphatic heterocycles. The molecule has 4 rings (SSSR count). The smallest absolute Gasteiger partial charge is 0.0264 e. The van der Waals surface area contributed by atoms with Crippen LogP contribution in [0.2, 0.25) is 0 Å². The Morgan fingerprint density at radius 2 is 1.52 bits per heavy atom. The van der Waals surface area contributed by atoms with Gasteiger partial charge >= 0.3 is 0 Å². The maximum atomic E-state index is 2.77. The van der Waals surface area contributed by atoms with Crippen LogP contribution < -0.4 is 0 Å². The van der Waals surface area contributed by atoms with E-state index >= 15 is 0 Å². The molecule has 4 aliphatic carbocycles. The molecule has 0 N–H and O–H groups in total. The first-order valence-corrected chi connectivity index (χ1v) is 13.8. The average molecular weight is 401 g/mol. The van der Waals surface area contributed by atoms with Crippen LogP contribution in [0.25, 0.3) is 0 Å². The lowest BCUT2D eigenvalue weighted by atomic mass is 9.41. The van der Waals surface area contributed by atoms with Crippen molar-refractivity contribution in [2.75, 3.05) is 0 Å². The van der Waals surface area contributed by atoms with Gasteiger partial charge in [-0.15, -0.1) is 0 Å². The van der Waals surface area contributed by atoms with E-state index in [1.165, 1.54) is 44.9 Å². The summed E-state index contributed by atoms with van der Waals surface area (Å²) in [4.78, 5) is 0. The van der Waals surface area contributed by atoms with Gasteiger partial charge in [-0.3, -0.25) is 0 Å². The molecule has 4 aliphatic rings. The number of hydrogen-bond donors (Lipinski definition) is 0. The van der Waals surface area contributed by atoms with Gasteiger partial charge in [0, 0.05) is 0 Å². The molecule has 0 radical (unpaired) electrons. The third kappa shape index (κ3) is 3.98. The Bertz CT molecular complexity index is 548. The van der Waals surface area contributed by atoms with Crippen molar-refractivity contribution in [3.05, 3.63) is 0 Å². The molecular formula is C29H52. The molecule has 0 aromatic carbocycles. The Balaban J connectivity index is 1.49. The van der Waals surface area contributed by atoms with E-state index in [1.807, 2.05) is 0 Å². The highest BCUT2D eigenvalue weighted by atomic mass is 14.6. The first-order chi connectivity index (χ1) is 13.8. The Kier molecular flexibility index (Phi) is 6.51. The number of fused-ring (bicyclic) bond motifs is 5. The molecule has 0 amide bonds. The molecule has 0 spiro atoms. The maximum absolute atomic E-state index is 2.77. The Hall–Kier alpha value is 0. The molecule has 4 fully saturated rings. The summed E-state index contributed by atoms with van der Waals surface area (Å²) in [7, 11) is 0. The summed E-state index contributed by atoms with van der Waals surface area (Å²) in [5, 5.41) is 0. The average Bonchev–Trinajstić information content (AvgIpc) is 2.67. The van der Waals surface area contributed by atoms with Crippen molar-refractivity contribution < 1.29 is 0 Å². The van der Waals surface area contributed by atoms with Crippen molar-refractivity contribution in [3.8, 4) is 0 Å². The Labute approximate surface area is 183 Å². The minimum atomic E-state index is 0.655. The molecule has 29 heavy (non-hydrogen) atoms. The van der Waals surface area contributed by atoms with Crippen LogP contribution in [0.3, 0.4) is 0 Å². The molecule has 0 heterocycles. The summed E-state index contributed by atoms with van der Waals surface area (Å²) in [6.07, 6.45) is 19.8. The second kappa shape index (κ2) is 8.50. The summed E-state index contributed by atoms with van der Waals surface area (Å²) in [6, 6.07) is 0. The zero-order valence-corrected chi connectivity index (χ0v) is 20.8. The standard InChI is InChI=1S/C29H52/c1-20(2)9-7-10-22(4)25-11-8-12-26-24-14-13-23-19-21(3)15-17-28(23,5)27(24)16-18-29(25,26)6/h20-27H,7-19H2,1-6H3/t21-,22?,23?,24?,25+,26?,27?,28-,29+/m0/s1. The van der Waals surface area contributed by atoms with Gasteiger partial charge in [-0.2, -0.15) is 0 Å². The van der Waals surface area contributed by atoms with Crippen LogP contribution >= 0.6 is 0 Å². The summed E-state index contributed by atoms with van der Waals surface area (Å²) in [6.45, 7) is 15.5. The molecule has 0 aromatic heterocycles. The zero-order chi connectivity index (χ0) is 20.8. The van der Waals surface area contributed by atoms with Crippen molar-refractivity contribution in [1.29, 1.82) is 0 Å². The van der Waals surface area contributed by atoms with Crippen LogP contribution in [0.15, 0.2) is 0 Å². The van der Waals surface area contributed by atoms with Crippen molar-refractivity contribution in [2.24, 2.45) is 58.2 Å². The van der Waals surface area contributed by atoms with Crippen LogP contribution in [-0.2, 0) is 0 Å². The summed E-state index contributed by atoms with van der Waals surface area (Å²) in [5.41, 5.74) is 1.34. The molecule has 0 saturated heterocycles. The van der Waals surface area contributed by atoms with Gasteiger partial charge in [0.2, 0.25) is 0 Å². The normalized spacial score (nSPS) is 48.5. The van der Waals surface area contributed by atoms with Gasteiger partial charge in [-0.25, -0.2) is 0 Å². The predicted octanol–water partition coefficient (Wildman–Crippen LogP) is 9.13. The van der Waals surface area contributed by atoms with Gasteiger partial charge in [0.1, 0.15) is 0 Å². The molecule has 0 bridgehead atoms. The maximum Gasteiger partial charge on any atom is -0.0264 e. The SMILES string of the molecule is CC(C)CCCC(C)[C@H]1CCCC2C3CCC4C[C@@H](C)CC[C@]4(C)C3CC[C@@]21C. The highest BCUT2D eigenvalue weighted by Crippen LogP contribution is 2.67. The van der Waals surface area contributed by atoms with Gasteiger partial charge in [0.05, 0.1) is 0 Å². The second-order valence-corrected chi connectivity index (χ2v) is 13.4. The minimum Gasteiger partial charge on any atom is -0.0628 e. The fourth-order valence-electron chi connectivity index (χ4n) is 9.70. The largest absolute Gasteiger partial charge is 0.0628 e. The predicted molar refractivity (Wildman–Crippen MR) is 127 cm³/mol. The van der Waals surface area contributed by atoms with Crippen LogP contribution in [0.1, 0.15) is 125 Å². The second-order valence-electron chi connectivity index (χ2n) is 13.4. The van der Waals surface area contributed by atoms with Gasteiger partial charge in [0.15, 0.2) is 0 Å². The van der Waals surface area contributed by atoms with Gasteiger partial charge in [-0.05, 0) is 110 Å². The quantitative estimate of drug-likeness (QED) is 0.431. The Morgan fingerprint density at radius 1 is 0.793 bits per heavy atom. The van der Waals surface area contributed by atoms with Crippen LogP contribution in [0.5, 0.6) is 0 Å². The van der Waals surface area contributed by atoms with E-state index in [-0.39, 0.29) is 0 Å². The van der Waals surface area contributed by atoms with E-state index in [1.54, 1.807) is 38.5 Å².